The van der Waals surface area contributed by atoms with E-state index in [0.717, 1.165) is 16.8 Å². The molecule has 1 aromatic carbocycles. The van der Waals surface area contributed by atoms with Crippen LogP contribution in [0.15, 0.2) is 41.4 Å². The van der Waals surface area contributed by atoms with Crippen LogP contribution in [0.1, 0.15) is 6.92 Å². The number of halogens is 1. The van der Waals surface area contributed by atoms with Gasteiger partial charge in [0.15, 0.2) is 0 Å². The van der Waals surface area contributed by atoms with E-state index in [1.807, 2.05) is 30.3 Å². The lowest BCUT2D eigenvalue weighted by Gasteiger charge is -2.10. The predicted octanol–water partition coefficient (Wildman–Crippen LogP) is 2.99. The molecule has 15 heavy (non-hydrogen) atoms. The fraction of sp³-hybridized carbons (Fsp3) is 0.333. The molecule has 0 heterocycles. The average Bonchev–Trinajstić information content (AvgIpc) is 2.26. The average molecular weight is 270 g/mol. The molecule has 1 atom stereocenters. The van der Waals surface area contributed by atoms with Crippen LogP contribution in [0.5, 0.6) is 5.75 Å². The second-order valence-corrected chi connectivity index (χ2v) is 4.20. The number of rotatable bonds is 6. The zero-order valence-corrected chi connectivity index (χ0v) is 10.5. The molecule has 1 aromatic rings. The molecule has 0 saturated heterocycles. The lowest BCUT2D eigenvalue weighted by molar-refractivity contribution is 0.311. The van der Waals surface area contributed by atoms with Crippen molar-refractivity contribution in [3.05, 3.63) is 41.4 Å². The first kappa shape index (κ1) is 12.3. The van der Waals surface area contributed by atoms with Crippen molar-refractivity contribution in [1.29, 1.82) is 0 Å². The van der Waals surface area contributed by atoms with E-state index in [4.69, 9.17) is 4.74 Å². The summed E-state index contributed by atoms with van der Waals surface area (Å²) >= 11 is 3.38. The number of hydrogen-bond donors (Lipinski definition) is 1. The summed E-state index contributed by atoms with van der Waals surface area (Å²) in [6.45, 7) is 7.25. The monoisotopic (exact) mass is 269 g/mol. The van der Waals surface area contributed by atoms with Gasteiger partial charge in [-0.3, -0.25) is 0 Å². The topological polar surface area (TPSA) is 21.3 Å². The van der Waals surface area contributed by atoms with Crippen LogP contribution in [0.25, 0.3) is 0 Å². The third-order valence-electron chi connectivity index (χ3n) is 2.00. The molecule has 0 aromatic heterocycles. The van der Waals surface area contributed by atoms with Gasteiger partial charge in [-0.15, -0.1) is 6.58 Å². The van der Waals surface area contributed by atoms with E-state index in [1.165, 1.54) is 0 Å². The van der Waals surface area contributed by atoms with Crippen molar-refractivity contribution in [3.8, 4) is 5.75 Å². The minimum atomic E-state index is 0.332. The summed E-state index contributed by atoms with van der Waals surface area (Å²) in [5, 5.41) is 3.26. The summed E-state index contributed by atoms with van der Waals surface area (Å²) in [5.74, 6) is 0.895. The SMILES string of the molecule is C=CC(C)NCCOc1ccc(Br)cc1. The van der Waals surface area contributed by atoms with Crippen LogP contribution in [0.4, 0.5) is 0 Å². The summed E-state index contributed by atoms with van der Waals surface area (Å²) in [5.41, 5.74) is 0. The Hall–Kier alpha value is -0.800. The van der Waals surface area contributed by atoms with Gasteiger partial charge in [-0.2, -0.15) is 0 Å². The molecule has 0 radical (unpaired) electrons. The summed E-state index contributed by atoms with van der Waals surface area (Å²) in [7, 11) is 0. The highest BCUT2D eigenvalue weighted by Crippen LogP contribution is 2.15. The first-order chi connectivity index (χ1) is 7.22. The fourth-order valence-electron chi connectivity index (χ4n) is 1.07. The predicted molar refractivity (Wildman–Crippen MR) is 67.3 cm³/mol. The first-order valence-corrected chi connectivity index (χ1v) is 5.76. The van der Waals surface area contributed by atoms with Gasteiger partial charge < -0.3 is 10.1 Å². The molecule has 0 fully saturated rings. The highest BCUT2D eigenvalue weighted by atomic mass is 79.9. The van der Waals surface area contributed by atoms with E-state index in [9.17, 15) is 0 Å². The molecule has 0 bridgehead atoms. The van der Waals surface area contributed by atoms with Gasteiger partial charge in [-0.25, -0.2) is 0 Å². The molecule has 1 unspecified atom stereocenters. The van der Waals surface area contributed by atoms with Gasteiger partial charge >= 0.3 is 0 Å². The molecule has 82 valence electrons. The van der Waals surface area contributed by atoms with Crippen LogP contribution >= 0.6 is 15.9 Å². The van der Waals surface area contributed by atoms with Crippen molar-refractivity contribution >= 4 is 15.9 Å². The molecule has 1 rings (SSSR count). The molecule has 2 nitrogen and oxygen atoms in total. The lowest BCUT2D eigenvalue weighted by Crippen LogP contribution is -2.28. The largest absolute Gasteiger partial charge is 0.492 e. The fourth-order valence-corrected chi connectivity index (χ4v) is 1.33. The van der Waals surface area contributed by atoms with Gasteiger partial charge in [-0.05, 0) is 31.2 Å². The molecule has 0 spiro atoms. The Labute approximate surface area is 99.5 Å². The Kier molecular flexibility index (Phi) is 5.43. The van der Waals surface area contributed by atoms with Gasteiger partial charge in [-0.1, -0.05) is 22.0 Å². The molecule has 0 aliphatic carbocycles. The van der Waals surface area contributed by atoms with Gasteiger partial charge in [0.2, 0.25) is 0 Å². The van der Waals surface area contributed by atoms with Crippen LogP contribution in [0, 0.1) is 0 Å². The van der Waals surface area contributed by atoms with Gasteiger partial charge in [0.25, 0.3) is 0 Å². The summed E-state index contributed by atoms with van der Waals surface area (Å²) in [6, 6.07) is 8.16. The van der Waals surface area contributed by atoms with Crippen molar-refractivity contribution in [2.75, 3.05) is 13.2 Å². The molecular weight excluding hydrogens is 254 g/mol. The summed E-state index contributed by atoms with van der Waals surface area (Å²) < 4.78 is 6.60. The van der Waals surface area contributed by atoms with E-state index < -0.39 is 0 Å². The second kappa shape index (κ2) is 6.64. The van der Waals surface area contributed by atoms with E-state index in [0.29, 0.717) is 12.6 Å². The third-order valence-corrected chi connectivity index (χ3v) is 2.53. The van der Waals surface area contributed by atoms with E-state index in [2.05, 4.69) is 34.7 Å². The summed E-state index contributed by atoms with van der Waals surface area (Å²) in [4.78, 5) is 0. The molecule has 0 saturated carbocycles. The molecule has 1 N–H and O–H groups in total. The Morgan fingerprint density at radius 1 is 1.47 bits per heavy atom. The molecule has 0 amide bonds. The zero-order chi connectivity index (χ0) is 11.1. The standard InChI is InChI=1S/C12H16BrNO/c1-3-10(2)14-8-9-15-12-6-4-11(13)5-7-12/h3-7,10,14H,1,8-9H2,2H3. The minimum Gasteiger partial charge on any atom is -0.492 e. The number of nitrogens with one attached hydrogen (secondary N) is 1. The van der Waals surface area contributed by atoms with Crippen LogP contribution < -0.4 is 10.1 Å². The van der Waals surface area contributed by atoms with E-state index in [-0.39, 0.29) is 0 Å². The normalized spacial score (nSPS) is 12.1. The maximum atomic E-state index is 5.54. The van der Waals surface area contributed by atoms with Crippen molar-refractivity contribution < 1.29 is 4.74 Å². The maximum absolute atomic E-state index is 5.54. The molecule has 0 aliphatic heterocycles. The van der Waals surface area contributed by atoms with Crippen molar-refractivity contribution in [1.82, 2.24) is 5.32 Å². The molecule has 3 heteroatoms. The van der Waals surface area contributed by atoms with Gasteiger partial charge in [0.05, 0.1) is 0 Å². The molecule has 0 aliphatic rings. The second-order valence-electron chi connectivity index (χ2n) is 3.28. The zero-order valence-electron chi connectivity index (χ0n) is 8.87. The number of hydrogen-bond acceptors (Lipinski definition) is 2. The lowest BCUT2D eigenvalue weighted by atomic mass is 10.3. The van der Waals surface area contributed by atoms with Crippen LogP contribution in [0.2, 0.25) is 0 Å². The van der Waals surface area contributed by atoms with E-state index >= 15 is 0 Å². The van der Waals surface area contributed by atoms with Crippen LogP contribution in [-0.4, -0.2) is 19.2 Å². The van der Waals surface area contributed by atoms with Crippen LogP contribution in [0.3, 0.4) is 0 Å². The molecular formula is C12H16BrNO. The Bertz CT molecular complexity index is 297. The smallest absolute Gasteiger partial charge is 0.119 e. The van der Waals surface area contributed by atoms with Gasteiger partial charge in [0, 0.05) is 17.1 Å². The number of benzene rings is 1. The quantitative estimate of drug-likeness (QED) is 0.633. The van der Waals surface area contributed by atoms with Crippen LogP contribution in [-0.2, 0) is 0 Å². The van der Waals surface area contributed by atoms with E-state index in [1.54, 1.807) is 0 Å². The highest BCUT2D eigenvalue weighted by Gasteiger charge is 1.95. The van der Waals surface area contributed by atoms with Crippen molar-refractivity contribution in [3.63, 3.8) is 0 Å². The number of ether oxygens (including phenoxy) is 1. The van der Waals surface area contributed by atoms with Crippen molar-refractivity contribution in [2.45, 2.75) is 13.0 Å². The van der Waals surface area contributed by atoms with Gasteiger partial charge in [0.1, 0.15) is 12.4 Å². The Morgan fingerprint density at radius 2 is 2.13 bits per heavy atom. The summed E-state index contributed by atoms with van der Waals surface area (Å²) in [6.07, 6.45) is 1.87. The Morgan fingerprint density at radius 3 is 2.73 bits per heavy atom. The minimum absolute atomic E-state index is 0.332. The third kappa shape index (κ3) is 5.00. The first-order valence-electron chi connectivity index (χ1n) is 4.96. The maximum Gasteiger partial charge on any atom is 0.119 e. The van der Waals surface area contributed by atoms with Crippen molar-refractivity contribution in [2.24, 2.45) is 0 Å². The highest BCUT2D eigenvalue weighted by molar-refractivity contribution is 9.10. The Balaban J connectivity index is 2.20.